The first kappa shape index (κ1) is 10.1. The zero-order chi connectivity index (χ0) is 9.84. The van der Waals surface area contributed by atoms with Gasteiger partial charge < -0.3 is 10.0 Å². The van der Waals surface area contributed by atoms with Gasteiger partial charge in [-0.15, -0.1) is 6.42 Å². The second kappa shape index (κ2) is 4.29. The van der Waals surface area contributed by atoms with E-state index in [9.17, 15) is 4.79 Å². The standard InChI is InChI=1S/C10H15NO2/c1-3-10(13)11-5-4-9(7-12)6-8(11)2/h1,8-9,12H,4-7H2,2H3/t8-,9-/m0/s1. The number of hydrogen-bond donors (Lipinski definition) is 1. The average molecular weight is 181 g/mol. The lowest BCUT2D eigenvalue weighted by Gasteiger charge is -2.35. The van der Waals surface area contributed by atoms with Crippen molar-refractivity contribution in [3.8, 4) is 12.3 Å². The van der Waals surface area contributed by atoms with Crippen LogP contribution >= 0.6 is 0 Å². The summed E-state index contributed by atoms with van der Waals surface area (Å²) < 4.78 is 0. The summed E-state index contributed by atoms with van der Waals surface area (Å²) in [7, 11) is 0. The second-order valence-corrected chi connectivity index (χ2v) is 3.56. The van der Waals surface area contributed by atoms with Gasteiger partial charge in [-0.3, -0.25) is 4.79 Å². The van der Waals surface area contributed by atoms with E-state index in [0.29, 0.717) is 12.5 Å². The molecule has 3 nitrogen and oxygen atoms in total. The van der Waals surface area contributed by atoms with E-state index >= 15 is 0 Å². The predicted octanol–water partition coefficient (Wildman–Crippen LogP) is 0.239. The Morgan fingerprint density at radius 1 is 1.77 bits per heavy atom. The summed E-state index contributed by atoms with van der Waals surface area (Å²) in [6.45, 7) is 2.86. The van der Waals surface area contributed by atoms with Crippen LogP contribution in [0.5, 0.6) is 0 Å². The van der Waals surface area contributed by atoms with Crippen LogP contribution in [0.4, 0.5) is 0 Å². The number of aliphatic hydroxyl groups excluding tert-OH is 1. The van der Waals surface area contributed by atoms with Crippen LogP contribution in [0, 0.1) is 18.3 Å². The van der Waals surface area contributed by atoms with E-state index < -0.39 is 0 Å². The number of rotatable bonds is 1. The third-order valence-corrected chi connectivity index (χ3v) is 2.63. The lowest BCUT2D eigenvalue weighted by atomic mass is 9.92. The molecule has 1 rings (SSSR count). The van der Waals surface area contributed by atoms with E-state index in [1.54, 1.807) is 4.90 Å². The van der Waals surface area contributed by atoms with Crippen molar-refractivity contribution in [2.24, 2.45) is 5.92 Å². The van der Waals surface area contributed by atoms with Crippen LogP contribution < -0.4 is 0 Å². The van der Waals surface area contributed by atoms with Gasteiger partial charge in [-0.05, 0) is 31.6 Å². The Labute approximate surface area is 78.7 Å². The summed E-state index contributed by atoms with van der Waals surface area (Å²) in [4.78, 5) is 12.9. The summed E-state index contributed by atoms with van der Waals surface area (Å²) in [5.41, 5.74) is 0. The number of likely N-dealkylation sites (tertiary alicyclic amines) is 1. The molecule has 0 saturated carbocycles. The number of nitrogens with zero attached hydrogens (tertiary/aromatic N) is 1. The molecule has 2 atom stereocenters. The third-order valence-electron chi connectivity index (χ3n) is 2.63. The minimum Gasteiger partial charge on any atom is -0.396 e. The highest BCUT2D eigenvalue weighted by Crippen LogP contribution is 2.21. The first-order valence-corrected chi connectivity index (χ1v) is 4.57. The number of aliphatic hydroxyl groups is 1. The third kappa shape index (κ3) is 2.22. The van der Waals surface area contributed by atoms with Crippen LogP contribution in [0.15, 0.2) is 0 Å². The minimum atomic E-state index is -0.233. The Bertz CT molecular complexity index is 232. The fourth-order valence-electron chi connectivity index (χ4n) is 1.82. The van der Waals surface area contributed by atoms with Crippen LogP contribution in [0.1, 0.15) is 19.8 Å². The molecular formula is C10H15NO2. The summed E-state index contributed by atoms with van der Waals surface area (Å²) in [6, 6.07) is 0.162. The molecule has 0 spiro atoms. The Morgan fingerprint density at radius 3 is 2.92 bits per heavy atom. The van der Waals surface area contributed by atoms with E-state index in [1.807, 2.05) is 6.92 Å². The SMILES string of the molecule is C#CC(=O)N1CC[C@H](CO)C[C@@H]1C. The van der Waals surface area contributed by atoms with Crippen LogP contribution in [-0.4, -0.2) is 35.1 Å². The van der Waals surface area contributed by atoms with Crippen LogP contribution in [-0.2, 0) is 4.79 Å². The fourth-order valence-corrected chi connectivity index (χ4v) is 1.82. The van der Waals surface area contributed by atoms with Gasteiger partial charge in [-0.1, -0.05) is 0 Å². The van der Waals surface area contributed by atoms with Crippen molar-refractivity contribution in [1.29, 1.82) is 0 Å². The molecule has 1 aliphatic heterocycles. The Hall–Kier alpha value is -1.01. The smallest absolute Gasteiger partial charge is 0.298 e. The van der Waals surface area contributed by atoms with Crippen LogP contribution in [0.25, 0.3) is 0 Å². The van der Waals surface area contributed by atoms with Crippen molar-refractivity contribution in [2.75, 3.05) is 13.2 Å². The molecule has 1 saturated heterocycles. The van der Waals surface area contributed by atoms with Gasteiger partial charge in [-0.25, -0.2) is 0 Å². The quantitative estimate of drug-likeness (QED) is 0.589. The summed E-state index contributed by atoms with van der Waals surface area (Å²) in [6.07, 6.45) is 6.75. The fraction of sp³-hybridized carbons (Fsp3) is 0.700. The average Bonchev–Trinajstić information content (AvgIpc) is 2.16. The van der Waals surface area contributed by atoms with Crippen LogP contribution in [0.2, 0.25) is 0 Å². The Morgan fingerprint density at radius 2 is 2.46 bits per heavy atom. The highest BCUT2D eigenvalue weighted by Gasteiger charge is 2.27. The highest BCUT2D eigenvalue weighted by atomic mass is 16.3. The number of piperidine rings is 1. The number of carbonyl (C=O) groups excluding carboxylic acids is 1. The molecule has 0 radical (unpaired) electrons. The Kier molecular flexibility index (Phi) is 3.32. The van der Waals surface area contributed by atoms with Crippen molar-refractivity contribution in [3.05, 3.63) is 0 Å². The molecule has 0 aromatic rings. The summed E-state index contributed by atoms with van der Waals surface area (Å²) in [5.74, 6) is 2.22. The maximum atomic E-state index is 11.2. The van der Waals surface area contributed by atoms with E-state index in [2.05, 4.69) is 5.92 Å². The van der Waals surface area contributed by atoms with E-state index in [4.69, 9.17) is 11.5 Å². The number of carbonyl (C=O) groups is 1. The molecule has 13 heavy (non-hydrogen) atoms. The summed E-state index contributed by atoms with van der Waals surface area (Å²) >= 11 is 0. The van der Waals surface area contributed by atoms with Crippen molar-refractivity contribution in [1.82, 2.24) is 4.90 Å². The molecule has 0 aliphatic carbocycles. The number of hydrogen-bond acceptors (Lipinski definition) is 2. The molecule has 1 aliphatic rings. The van der Waals surface area contributed by atoms with Gasteiger partial charge in [-0.2, -0.15) is 0 Å². The normalized spacial score (nSPS) is 28.2. The largest absolute Gasteiger partial charge is 0.396 e. The molecule has 1 fully saturated rings. The molecule has 0 aromatic carbocycles. The lowest BCUT2D eigenvalue weighted by molar-refractivity contribution is -0.129. The number of terminal acetylenes is 1. The van der Waals surface area contributed by atoms with E-state index in [-0.39, 0.29) is 18.6 Å². The van der Waals surface area contributed by atoms with E-state index in [0.717, 1.165) is 12.8 Å². The molecule has 1 amide bonds. The topological polar surface area (TPSA) is 40.5 Å². The van der Waals surface area contributed by atoms with Gasteiger partial charge in [0.1, 0.15) is 0 Å². The Balaban J connectivity index is 2.54. The molecule has 0 aromatic heterocycles. The zero-order valence-electron chi connectivity index (χ0n) is 7.86. The molecule has 72 valence electrons. The lowest BCUT2D eigenvalue weighted by Crippen LogP contribution is -2.44. The molecule has 0 unspecified atom stereocenters. The maximum Gasteiger partial charge on any atom is 0.298 e. The first-order valence-electron chi connectivity index (χ1n) is 4.57. The van der Waals surface area contributed by atoms with Crippen molar-refractivity contribution in [3.63, 3.8) is 0 Å². The first-order chi connectivity index (χ1) is 6.19. The molecule has 0 bridgehead atoms. The van der Waals surface area contributed by atoms with Gasteiger partial charge >= 0.3 is 0 Å². The van der Waals surface area contributed by atoms with Crippen molar-refractivity contribution in [2.45, 2.75) is 25.8 Å². The van der Waals surface area contributed by atoms with E-state index in [1.165, 1.54) is 0 Å². The second-order valence-electron chi connectivity index (χ2n) is 3.56. The minimum absolute atomic E-state index is 0.162. The molecule has 1 N–H and O–H groups in total. The zero-order valence-corrected chi connectivity index (χ0v) is 7.86. The van der Waals surface area contributed by atoms with Gasteiger partial charge in [0.25, 0.3) is 5.91 Å². The van der Waals surface area contributed by atoms with Gasteiger partial charge in [0.15, 0.2) is 0 Å². The van der Waals surface area contributed by atoms with Gasteiger partial charge in [0.2, 0.25) is 0 Å². The van der Waals surface area contributed by atoms with Crippen molar-refractivity contribution < 1.29 is 9.90 Å². The maximum absolute atomic E-state index is 11.2. The van der Waals surface area contributed by atoms with Crippen LogP contribution in [0.3, 0.4) is 0 Å². The number of amides is 1. The van der Waals surface area contributed by atoms with Crippen molar-refractivity contribution >= 4 is 5.91 Å². The van der Waals surface area contributed by atoms with Gasteiger partial charge in [0, 0.05) is 19.2 Å². The van der Waals surface area contributed by atoms with Gasteiger partial charge in [0.05, 0.1) is 0 Å². The molecular weight excluding hydrogens is 166 g/mol. The molecule has 3 heteroatoms. The monoisotopic (exact) mass is 181 g/mol. The highest BCUT2D eigenvalue weighted by molar-refractivity contribution is 5.93. The summed E-state index contributed by atoms with van der Waals surface area (Å²) in [5, 5.41) is 8.95. The molecule has 1 heterocycles. The predicted molar refractivity (Wildman–Crippen MR) is 49.8 cm³/mol.